The molecule has 0 radical (unpaired) electrons. The number of aromatic amines is 1. The zero-order chi connectivity index (χ0) is 20.4. The highest BCUT2D eigenvalue weighted by Gasteiger charge is 2.32. The summed E-state index contributed by atoms with van der Waals surface area (Å²) < 4.78 is 42.5. The van der Waals surface area contributed by atoms with Gasteiger partial charge in [-0.1, -0.05) is 18.2 Å². The third-order valence-corrected chi connectivity index (χ3v) is 4.88. The van der Waals surface area contributed by atoms with Crippen molar-refractivity contribution in [2.75, 3.05) is 6.54 Å². The average molecular weight is 418 g/mol. The maximum Gasteiger partial charge on any atom is 0.573 e. The molecular weight excluding hydrogens is 401 g/mol. The standard InChI is InChI=1S/C20H17F3N4OS/c21-20(22,23)28-18-4-2-1-3-15(18)17-6-5-13(9-24-17)11-27-8-7-16-14(12-27)10-25-19(29)26-16/h1-6,9-10H,7-8,11-12H2,(H,25,26,29). The molecule has 1 aliphatic heterocycles. The second-order valence-electron chi connectivity index (χ2n) is 6.75. The molecule has 0 atom stereocenters. The van der Waals surface area contributed by atoms with Gasteiger partial charge in [-0.05, 0) is 36.0 Å². The number of H-pyrrole nitrogens is 1. The molecule has 29 heavy (non-hydrogen) atoms. The summed E-state index contributed by atoms with van der Waals surface area (Å²) in [4.78, 5) is 13.9. The first-order valence-electron chi connectivity index (χ1n) is 8.97. The highest BCUT2D eigenvalue weighted by atomic mass is 32.1. The first-order chi connectivity index (χ1) is 13.9. The van der Waals surface area contributed by atoms with Crippen LogP contribution in [0.4, 0.5) is 13.2 Å². The van der Waals surface area contributed by atoms with Gasteiger partial charge in [-0.3, -0.25) is 9.88 Å². The summed E-state index contributed by atoms with van der Waals surface area (Å²) in [5, 5.41) is 0. The van der Waals surface area contributed by atoms with Crippen LogP contribution in [0.1, 0.15) is 16.8 Å². The smallest absolute Gasteiger partial charge is 0.405 e. The summed E-state index contributed by atoms with van der Waals surface area (Å²) in [6.45, 7) is 2.30. The van der Waals surface area contributed by atoms with E-state index in [1.807, 2.05) is 6.07 Å². The van der Waals surface area contributed by atoms with Gasteiger partial charge in [-0.25, -0.2) is 4.98 Å². The second kappa shape index (κ2) is 7.92. The number of rotatable bonds is 4. The molecule has 2 aromatic heterocycles. The number of aromatic nitrogens is 3. The van der Waals surface area contributed by atoms with E-state index >= 15 is 0 Å². The number of hydrogen-bond acceptors (Lipinski definition) is 5. The van der Waals surface area contributed by atoms with E-state index in [1.165, 1.54) is 12.1 Å². The number of nitrogens with one attached hydrogen (secondary N) is 1. The number of ether oxygens (including phenoxy) is 1. The summed E-state index contributed by atoms with van der Waals surface area (Å²) in [6, 6.07) is 9.57. The van der Waals surface area contributed by atoms with Crippen molar-refractivity contribution >= 4 is 12.2 Å². The molecule has 0 saturated heterocycles. The fraction of sp³-hybridized carbons (Fsp3) is 0.250. The average Bonchev–Trinajstić information content (AvgIpc) is 2.68. The lowest BCUT2D eigenvalue weighted by Crippen LogP contribution is -2.30. The number of hydrogen-bond donors (Lipinski definition) is 1. The number of para-hydroxylation sites is 1. The third-order valence-electron chi connectivity index (χ3n) is 4.67. The Labute approximate surface area is 170 Å². The maximum absolute atomic E-state index is 12.6. The molecule has 0 bridgehead atoms. The van der Waals surface area contributed by atoms with E-state index in [2.05, 4.69) is 24.6 Å². The number of benzene rings is 1. The largest absolute Gasteiger partial charge is 0.573 e. The predicted octanol–water partition coefficient (Wildman–Crippen LogP) is 4.66. The molecule has 0 saturated carbocycles. The number of halogens is 3. The second-order valence-corrected chi connectivity index (χ2v) is 7.14. The zero-order valence-corrected chi connectivity index (χ0v) is 16.1. The summed E-state index contributed by atoms with van der Waals surface area (Å²) >= 11 is 5.06. The van der Waals surface area contributed by atoms with Crippen LogP contribution in [0.25, 0.3) is 11.3 Å². The summed E-state index contributed by atoms with van der Waals surface area (Å²) in [7, 11) is 0. The van der Waals surface area contributed by atoms with Crippen molar-refractivity contribution in [3.8, 4) is 17.0 Å². The van der Waals surface area contributed by atoms with Crippen molar-refractivity contribution < 1.29 is 17.9 Å². The molecular formula is C20H17F3N4OS. The Morgan fingerprint density at radius 2 is 1.93 bits per heavy atom. The van der Waals surface area contributed by atoms with E-state index < -0.39 is 6.36 Å². The van der Waals surface area contributed by atoms with Crippen LogP contribution < -0.4 is 4.74 Å². The normalized spacial score (nSPS) is 14.4. The lowest BCUT2D eigenvalue weighted by molar-refractivity contribution is -0.274. The zero-order valence-electron chi connectivity index (χ0n) is 15.2. The van der Waals surface area contributed by atoms with Crippen LogP contribution in [-0.2, 0) is 19.5 Å². The first kappa shape index (κ1) is 19.5. The van der Waals surface area contributed by atoms with Crippen LogP contribution in [0, 0.1) is 4.77 Å². The van der Waals surface area contributed by atoms with Crippen LogP contribution in [0.15, 0.2) is 48.8 Å². The maximum atomic E-state index is 12.6. The minimum atomic E-state index is -4.75. The Morgan fingerprint density at radius 3 is 2.69 bits per heavy atom. The molecule has 3 heterocycles. The molecule has 5 nitrogen and oxygen atoms in total. The van der Waals surface area contributed by atoms with Crippen molar-refractivity contribution in [3.63, 3.8) is 0 Å². The topological polar surface area (TPSA) is 54.0 Å². The molecule has 0 aliphatic carbocycles. The van der Waals surface area contributed by atoms with E-state index in [0.717, 1.165) is 36.3 Å². The van der Waals surface area contributed by atoms with Crippen LogP contribution in [-0.4, -0.2) is 32.8 Å². The number of pyridine rings is 1. The van der Waals surface area contributed by atoms with Crippen molar-refractivity contribution in [1.82, 2.24) is 19.9 Å². The Kier molecular flexibility index (Phi) is 5.33. The Morgan fingerprint density at radius 1 is 1.10 bits per heavy atom. The minimum Gasteiger partial charge on any atom is -0.405 e. The van der Waals surface area contributed by atoms with Crippen molar-refractivity contribution in [2.45, 2.75) is 25.9 Å². The number of alkyl halides is 3. The fourth-order valence-electron chi connectivity index (χ4n) is 3.37. The van der Waals surface area contributed by atoms with E-state index in [4.69, 9.17) is 12.2 Å². The van der Waals surface area contributed by atoms with Gasteiger partial charge in [-0.15, -0.1) is 13.2 Å². The quantitative estimate of drug-likeness (QED) is 0.625. The van der Waals surface area contributed by atoms with Crippen molar-refractivity contribution in [2.24, 2.45) is 0 Å². The number of nitrogens with zero attached hydrogens (tertiary/aromatic N) is 3. The molecule has 9 heteroatoms. The van der Waals surface area contributed by atoms with Gasteiger partial charge in [0, 0.05) is 55.3 Å². The lowest BCUT2D eigenvalue weighted by atomic mass is 10.1. The lowest BCUT2D eigenvalue weighted by Gasteiger charge is -2.28. The van der Waals surface area contributed by atoms with E-state index in [-0.39, 0.29) is 5.75 Å². The van der Waals surface area contributed by atoms with Gasteiger partial charge in [0.05, 0.1) is 5.69 Å². The highest BCUT2D eigenvalue weighted by Crippen LogP contribution is 2.32. The van der Waals surface area contributed by atoms with Crippen LogP contribution >= 0.6 is 12.2 Å². The molecule has 0 amide bonds. The molecule has 0 unspecified atom stereocenters. The Balaban J connectivity index is 1.48. The molecule has 150 valence electrons. The van der Waals surface area contributed by atoms with Crippen LogP contribution in [0.2, 0.25) is 0 Å². The van der Waals surface area contributed by atoms with E-state index in [9.17, 15) is 13.2 Å². The van der Waals surface area contributed by atoms with Gasteiger partial charge in [0.1, 0.15) is 5.75 Å². The highest BCUT2D eigenvalue weighted by molar-refractivity contribution is 7.71. The molecule has 4 rings (SSSR count). The fourth-order valence-corrected chi connectivity index (χ4v) is 3.54. The molecule has 1 aliphatic rings. The molecule has 1 N–H and O–H groups in total. The Hall–Kier alpha value is -2.78. The van der Waals surface area contributed by atoms with Gasteiger partial charge in [-0.2, -0.15) is 0 Å². The van der Waals surface area contributed by atoms with Gasteiger partial charge < -0.3 is 9.72 Å². The predicted molar refractivity (Wildman–Crippen MR) is 104 cm³/mol. The SMILES string of the molecule is FC(F)(F)Oc1ccccc1-c1ccc(CN2CCc3[nH]c(=S)ncc3C2)cn1. The number of fused-ring (bicyclic) bond motifs is 1. The Bertz CT molecular complexity index is 1070. The van der Waals surface area contributed by atoms with Crippen LogP contribution in [0.3, 0.4) is 0 Å². The van der Waals surface area contributed by atoms with Crippen molar-refractivity contribution in [1.29, 1.82) is 0 Å². The van der Waals surface area contributed by atoms with Gasteiger partial charge in [0.15, 0.2) is 4.77 Å². The molecule has 0 fully saturated rings. The summed E-state index contributed by atoms with van der Waals surface area (Å²) in [5.74, 6) is -0.266. The summed E-state index contributed by atoms with van der Waals surface area (Å²) in [6.07, 6.45) is -0.404. The molecule has 0 spiro atoms. The minimum absolute atomic E-state index is 0.266. The van der Waals surface area contributed by atoms with Gasteiger partial charge in [0.25, 0.3) is 0 Å². The van der Waals surface area contributed by atoms with Gasteiger partial charge >= 0.3 is 6.36 Å². The van der Waals surface area contributed by atoms with Crippen molar-refractivity contribution in [3.05, 3.63) is 70.4 Å². The van der Waals surface area contributed by atoms with E-state index in [0.29, 0.717) is 22.6 Å². The third kappa shape index (κ3) is 4.80. The van der Waals surface area contributed by atoms with E-state index in [1.54, 1.807) is 30.6 Å². The first-order valence-corrected chi connectivity index (χ1v) is 9.38. The van der Waals surface area contributed by atoms with Gasteiger partial charge in [0.2, 0.25) is 0 Å². The van der Waals surface area contributed by atoms with Crippen LogP contribution in [0.5, 0.6) is 5.75 Å². The summed E-state index contributed by atoms with van der Waals surface area (Å²) in [5.41, 5.74) is 3.94. The molecule has 1 aromatic carbocycles. The molecule has 3 aromatic rings. The monoisotopic (exact) mass is 418 g/mol.